The van der Waals surface area contributed by atoms with Gasteiger partial charge in [0.25, 0.3) is 0 Å². The third-order valence-corrected chi connectivity index (χ3v) is 1.16. The third-order valence-electron chi connectivity index (χ3n) is 1.16. The van der Waals surface area contributed by atoms with E-state index in [4.69, 9.17) is 9.84 Å². The minimum absolute atomic E-state index is 0.250. The van der Waals surface area contributed by atoms with Crippen LogP contribution in [0.1, 0.15) is 26.7 Å². The van der Waals surface area contributed by atoms with Gasteiger partial charge in [-0.15, -0.1) is 0 Å². The molecule has 0 spiro atoms. The highest BCUT2D eigenvalue weighted by atomic mass is 16.5. The summed E-state index contributed by atoms with van der Waals surface area (Å²) in [7, 11) is 0. The number of aliphatic hydroxyl groups is 1. The molecule has 2 nitrogen and oxygen atoms in total. The topological polar surface area (TPSA) is 29.5 Å². The van der Waals surface area contributed by atoms with E-state index in [9.17, 15) is 0 Å². The van der Waals surface area contributed by atoms with E-state index in [2.05, 4.69) is 6.92 Å². The Balaban J connectivity index is 0.000000187. The second kappa shape index (κ2) is 6.05. The first kappa shape index (κ1) is 8.92. The molecular formula is C7H16O2. The molecule has 0 amide bonds. The summed E-state index contributed by atoms with van der Waals surface area (Å²) in [4.78, 5) is 0. The molecule has 1 heterocycles. The van der Waals surface area contributed by atoms with E-state index < -0.39 is 0 Å². The molecule has 1 aliphatic rings. The van der Waals surface area contributed by atoms with Gasteiger partial charge < -0.3 is 9.84 Å². The highest BCUT2D eigenvalue weighted by Gasteiger charge is 2.07. The Morgan fingerprint density at radius 2 is 2.22 bits per heavy atom. The van der Waals surface area contributed by atoms with Crippen LogP contribution in [0.25, 0.3) is 0 Å². The largest absolute Gasteiger partial charge is 0.397 e. The molecule has 1 rings (SSSR count). The molecule has 1 unspecified atom stereocenters. The molecule has 9 heavy (non-hydrogen) atoms. The molecule has 0 aromatic rings. The molecule has 0 bridgehead atoms. The van der Waals surface area contributed by atoms with Crippen molar-refractivity contribution in [2.24, 2.45) is 0 Å². The summed E-state index contributed by atoms with van der Waals surface area (Å²) in [6.07, 6.45) is 3.08. The van der Waals surface area contributed by atoms with E-state index in [0.29, 0.717) is 6.10 Å². The van der Waals surface area contributed by atoms with Crippen LogP contribution < -0.4 is 0 Å². The van der Waals surface area contributed by atoms with Crippen molar-refractivity contribution < 1.29 is 9.84 Å². The molecule has 1 N–H and O–H groups in total. The summed E-state index contributed by atoms with van der Waals surface area (Å²) in [6, 6.07) is 0. The molecule has 2 heteroatoms. The van der Waals surface area contributed by atoms with Crippen molar-refractivity contribution in [3.8, 4) is 0 Å². The Bertz CT molecular complexity index is 48.9. The van der Waals surface area contributed by atoms with Crippen molar-refractivity contribution in [1.82, 2.24) is 0 Å². The summed E-state index contributed by atoms with van der Waals surface area (Å²) in [5.74, 6) is 0. The van der Waals surface area contributed by atoms with Crippen molar-refractivity contribution >= 4 is 0 Å². The standard InChI is InChI=1S/C5H10O.C2H6O/c1-5-3-2-4-6-5;1-2-3/h5H,2-4H2,1H3;3H,2H2,1H3. The summed E-state index contributed by atoms with van der Waals surface area (Å²) >= 11 is 0. The maximum absolute atomic E-state index is 7.57. The summed E-state index contributed by atoms with van der Waals surface area (Å²) in [5.41, 5.74) is 0. The first-order valence-electron chi connectivity index (χ1n) is 3.53. The van der Waals surface area contributed by atoms with E-state index in [1.165, 1.54) is 12.8 Å². The predicted molar refractivity (Wildman–Crippen MR) is 37.4 cm³/mol. The molecule has 0 aliphatic carbocycles. The second-order valence-corrected chi connectivity index (χ2v) is 2.14. The lowest BCUT2D eigenvalue weighted by molar-refractivity contribution is 0.125. The Hall–Kier alpha value is -0.0800. The zero-order chi connectivity index (χ0) is 7.11. The number of ether oxygens (including phenoxy) is 1. The zero-order valence-corrected chi connectivity index (χ0v) is 6.26. The lowest BCUT2D eigenvalue weighted by atomic mass is 10.3. The van der Waals surface area contributed by atoms with Crippen LogP contribution in [0.3, 0.4) is 0 Å². The Morgan fingerprint density at radius 3 is 2.33 bits per heavy atom. The molecule has 1 atom stereocenters. The van der Waals surface area contributed by atoms with Gasteiger partial charge in [-0.05, 0) is 26.7 Å². The molecule has 0 aromatic heterocycles. The van der Waals surface area contributed by atoms with Gasteiger partial charge in [0.05, 0.1) is 6.10 Å². The van der Waals surface area contributed by atoms with Gasteiger partial charge in [-0.2, -0.15) is 0 Å². The van der Waals surface area contributed by atoms with Crippen molar-refractivity contribution in [3.63, 3.8) is 0 Å². The summed E-state index contributed by atoms with van der Waals surface area (Å²) in [6.45, 7) is 5.04. The van der Waals surface area contributed by atoms with Crippen LogP contribution >= 0.6 is 0 Å². The van der Waals surface area contributed by atoms with E-state index in [1.807, 2.05) is 0 Å². The monoisotopic (exact) mass is 132 g/mol. The minimum Gasteiger partial charge on any atom is -0.397 e. The Kier molecular flexibility index (Phi) is 5.99. The second-order valence-electron chi connectivity index (χ2n) is 2.14. The smallest absolute Gasteiger partial charge is 0.0547 e. The third kappa shape index (κ3) is 5.80. The van der Waals surface area contributed by atoms with Crippen LogP contribution in [0.2, 0.25) is 0 Å². The van der Waals surface area contributed by atoms with Gasteiger partial charge in [0.2, 0.25) is 0 Å². The maximum atomic E-state index is 7.57. The zero-order valence-electron chi connectivity index (χ0n) is 6.26. The van der Waals surface area contributed by atoms with Gasteiger partial charge in [0, 0.05) is 13.2 Å². The minimum atomic E-state index is 0.250. The SMILES string of the molecule is CC1CCCO1.CCO. The van der Waals surface area contributed by atoms with E-state index in [0.717, 1.165) is 6.61 Å². The molecule has 1 saturated heterocycles. The van der Waals surface area contributed by atoms with Crippen molar-refractivity contribution in [2.75, 3.05) is 13.2 Å². The lowest BCUT2D eigenvalue weighted by Crippen LogP contribution is -1.94. The van der Waals surface area contributed by atoms with Gasteiger partial charge in [-0.25, -0.2) is 0 Å². The first-order valence-corrected chi connectivity index (χ1v) is 3.53. The van der Waals surface area contributed by atoms with E-state index >= 15 is 0 Å². The van der Waals surface area contributed by atoms with Gasteiger partial charge in [-0.3, -0.25) is 0 Å². The average molecular weight is 132 g/mol. The highest BCUT2D eigenvalue weighted by molar-refractivity contribution is 4.56. The van der Waals surface area contributed by atoms with Crippen molar-refractivity contribution in [2.45, 2.75) is 32.8 Å². The van der Waals surface area contributed by atoms with Crippen molar-refractivity contribution in [1.29, 1.82) is 0 Å². The first-order chi connectivity index (χ1) is 4.31. The maximum Gasteiger partial charge on any atom is 0.0547 e. The number of hydrogen-bond donors (Lipinski definition) is 1. The van der Waals surface area contributed by atoms with Gasteiger partial charge >= 0.3 is 0 Å². The van der Waals surface area contributed by atoms with Gasteiger partial charge in [-0.1, -0.05) is 0 Å². The van der Waals surface area contributed by atoms with Crippen molar-refractivity contribution in [3.05, 3.63) is 0 Å². The number of aliphatic hydroxyl groups excluding tert-OH is 1. The summed E-state index contributed by atoms with van der Waals surface area (Å²) < 4.78 is 5.15. The molecule has 0 radical (unpaired) electrons. The predicted octanol–water partition coefficient (Wildman–Crippen LogP) is 1.18. The van der Waals surface area contributed by atoms with Crippen LogP contribution in [0, 0.1) is 0 Å². The quantitative estimate of drug-likeness (QED) is 0.536. The van der Waals surface area contributed by atoms with E-state index in [-0.39, 0.29) is 6.61 Å². The molecule has 1 aliphatic heterocycles. The fourth-order valence-corrected chi connectivity index (χ4v) is 0.739. The number of rotatable bonds is 0. The molecule has 56 valence electrons. The van der Waals surface area contributed by atoms with Crippen LogP contribution in [-0.2, 0) is 4.74 Å². The highest BCUT2D eigenvalue weighted by Crippen LogP contribution is 2.09. The van der Waals surface area contributed by atoms with Gasteiger partial charge in [0.1, 0.15) is 0 Å². The average Bonchev–Trinajstić information content (AvgIpc) is 2.20. The van der Waals surface area contributed by atoms with Gasteiger partial charge in [0.15, 0.2) is 0 Å². The molecule has 0 aromatic carbocycles. The number of hydrogen-bond acceptors (Lipinski definition) is 2. The van der Waals surface area contributed by atoms with Crippen LogP contribution in [0.15, 0.2) is 0 Å². The fraction of sp³-hybridized carbons (Fsp3) is 1.00. The normalized spacial score (nSPS) is 25.0. The fourth-order valence-electron chi connectivity index (χ4n) is 0.739. The molecular weight excluding hydrogens is 116 g/mol. The van der Waals surface area contributed by atoms with E-state index in [1.54, 1.807) is 6.92 Å². The Labute approximate surface area is 56.8 Å². The summed E-state index contributed by atoms with van der Waals surface area (Å²) in [5, 5.41) is 7.57. The molecule has 0 saturated carbocycles. The van der Waals surface area contributed by atoms with Crippen LogP contribution in [0.5, 0.6) is 0 Å². The van der Waals surface area contributed by atoms with Crippen LogP contribution in [0.4, 0.5) is 0 Å². The Morgan fingerprint density at radius 1 is 1.67 bits per heavy atom. The lowest BCUT2D eigenvalue weighted by Gasteiger charge is -1.94. The van der Waals surface area contributed by atoms with Crippen LogP contribution in [-0.4, -0.2) is 24.4 Å². The molecule has 1 fully saturated rings.